The lowest BCUT2D eigenvalue weighted by Gasteiger charge is -1.90. The summed E-state index contributed by atoms with van der Waals surface area (Å²) in [7, 11) is 0. The Kier molecular flexibility index (Phi) is 6.67. The van der Waals surface area contributed by atoms with Gasteiger partial charge >= 0.3 is 0 Å². The zero-order valence-electron chi connectivity index (χ0n) is 5.11. The van der Waals surface area contributed by atoms with Crippen molar-refractivity contribution >= 4 is 11.8 Å². The van der Waals surface area contributed by atoms with E-state index in [2.05, 4.69) is 19.6 Å². The SMILES string of the molecule is CCC[CH]CSC. The second-order valence-corrected chi connectivity index (χ2v) is 2.44. The third-order valence-corrected chi connectivity index (χ3v) is 1.35. The van der Waals surface area contributed by atoms with Gasteiger partial charge in [-0.1, -0.05) is 13.3 Å². The van der Waals surface area contributed by atoms with Crippen LogP contribution in [0.1, 0.15) is 19.8 Å². The van der Waals surface area contributed by atoms with E-state index in [1.165, 1.54) is 18.6 Å². The maximum atomic E-state index is 2.32. The molecule has 0 aliphatic rings. The molecule has 0 amide bonds. The normalized spacial score (nSPS) is 9.43. The molecule has 0 aromatic carbocycles. The van der Waals surface area contributed by atoms with E-state index in [-0.39, 0.29) is 0 Å². The summed E-state index contributed by atoms with van der Waals surface area (Å²) in [4.78, 5) is 0. The molecule has 0 N–H and O–H groups in total. The average Bonchev–Trinajstić information content (AvgIpc) is 1.69. The van der Waals surface area contributed by atoms with Gasteiger partial charge < -0.3 is 0 Å². The van der Waals surface area contributed by atoms with E-state index in [0.717, 1.165) is 0 Å². The number of unbranched alkanes of at least 4 members (excludes halogenated alkanes) is 2. The van der Waals surface area contributed by atoms with Gasteiger partial charge in [0.1, 0.15) is 0 Å². The molecule has 0 aromatic heterocycles. The molecule has 0 aromatic rings. The lowest BCUT2D eigenvalue weighted by Crippen LogP contribution is -1.76. The zero-order valence-corrected chi connectivity index (χ0v) is 5.92. The molecule has 0 aliphatic heterocycles. The summed E-state index contributed by atoms with van der Waals surface area (Å²) in [6.45, 7) is 2.21. The maximum Gasteiger partial charge on any atom is -0.00390 e. The minimum Gasteiger partial charge on any atom is -0.165 e. The molecule has 0 spiro atoms. The number of rotatable bonds is 4. The monoisotopic (exact) mass is 117 g/mol. The third kappa shape index (κ3) is 6.35. The summed E-state index contributed by atoms with van der Waals surface area (Å²) in [5.41, 5.74) is 0. The summed E-state index contributed by atoms with van der Waals surface area (Å²) in [5, 5.41) is 0. The van der Waals surface area contributed by atoms with Crippen LogP contribution >= 0.6 is 11.8 Å². The van der Waals surface area contributed by atoms with Crippen LogP contribution in [0.4, 0.5) is 0 Å². The highest BCUT2D eigenvalue weighted by atomic mass is 32.2. The summed E-state index contributed by atoms with van der Waals surface area (Å²) in [6, 6.07) is 0. The number of hydrogen-bond donors (Lipinski definition) is 0. The first-order chi connectivity index (χ1) is 3.41. The van der Waals surface area contributed by atoms with Gasteiger partial charge in [-0.05, 0) is 24.9 Å². The van der Waals surface area contributed by atoms with Crippen LogP contribution in [0.15, 0.2) is 0 Å². The van der Waals surface area contributed by atoms with Gasteiger partial charge in [-0.25, -0.2) is 0 Å². The van der Waals surface area contributed by atoms with Crippen LogP contribution in [-0.2, 0) is 0 Å². The molecule has 0 rings (SSSR count). The van der Waals surface area contributed by atoms with Crippen molar-refractivity contribution in [2.75, 3.05) is 12.0 Å². The minimum atomic E-state index is 1.22. The zero-order chi connectivity index (χ0) is 5.54. The first-order valence-corrected chi connectivity index (χ1v) is 4.11. The lowest BCUT2D eigenvalue weighted by molar-refractivity contribution is 0.904. The summed E-state index contributed by atoms with van der Waals surface area (Å²) >= 11 is 1.89. The molecule has 0 heterocycles. The molecule has 7 heavy (non-hydrogen) atoms. The van der Waals surface area contributed by atoms with E-state index < -0.39 is 0 Å². The van der Waals surface area contributed by atoms with Crippen LogP contribution < -0.4 is 0 Å². The molecule has 1 radical (unpaired) electrons. The van der Waals surface area contributed by atoms with E-state index >= 15 is 0 Å². The molecule has 0 unspecified atom stereocenters. The van der Waals surface area contributed by atoms with Crippen molar-refractivity contribution in [3.05, 3.63) is 6.42 Å². The van der Waals surface area contributed by atoms with Crippen molar-refractivity contribution in [3.8, 4) is 0 Å². The molecular weight excluding hydrogens is 104 g/mol. The first kappa shape index (κ1) is 7.35. The standard InChI is InChI=1S/C6H13S/c1-3-4-5-6-7-2/h5H,3-4,6H2,1-2H3. The van der Waals surface area contributed by atoms with Crippen molar-refractivity contribution in [2.24, 2.45) is 0 Å². The molecule has 0 aliphatic carbocycles. The van der Waals surface area contributed by atoms with Gasteiger partial charge in [0.2, 0.25) is 0 Å². The van der Waals surface area contributed by atoms with E-state index in [1.807, 2.05) is 11.8 Å². The molecule has 0 fully saturated rings. The molecule has 0 saturated heterocycles. The Morgan fingerprint density at radius 3 is 2.71 bits per heavy atom. The van der Waals surface area contributed by atoms with Crippen LogP contribution in [0.25, 0.3) is 0 Å². The van der Waals surface area contributed by atoms with E-state index in [9.17, 15) is 0 Å². The van der Waals surface area contributed by atoms with E-state index in [4.69, 9.17) is 0 Å². The Labute approximate surface area is 50.7 Å². The van der Waals surface area contributed by atoms with Crippen molar-refractivity contribution in [1.29, 1.82) is 0 Å². The van der Waals surface area contributed by atoms with Gasteiger partial charge in [0.05, 0.1) is 0 Å². The predicted octanol–water partition coefficient (Wildman–Crippen LogP) is 2.35. The molecule has 43 valence electrons. The minimum absolute atomic E-state index is 1.22. The molecule has 0 saturated carbocycles. The fourth-order valence-electron chi connectivity index (χ4n) is 0.405. The maximum absolute atomic E-state index is 2.32. The topological polar surface area (TPSA) is 0 Å². The highest BCUT2D eigenvalue weighted by molar-refractivity contribution is 7.98. The van der Waals surface area contributed by atoms with Crippen LogP contribution in [0.2, 0.25) is 0 Å². The first-order valence-electron chi connectivity index (χ1n) is 2.72. The highest BCUT2D eigenvalue weighted by Gasteiger charge is 1.80. The number of hydrogen-bond acceptors (Lipinski definition) is 1. The van der Waals surface area contributed by atoms with Crippen molar-refractivity contribution < 1.29 is 0 Å². The second kappa shape index (κ2) is 6.35. The Morgan fingerprint density at radius 1 is 1.57 bits per heavy atom. The molecule has 0 nitrogen and oxygen atoms in total. The second-order valence-electron chi connectivity index (χ2n) is 1.53. The van der Waals surface area contributed by atoms with Crippen molar-refractivity contribution in [2.45, 2.75) is 19.8 Å². The van der Waals surface area contributed by atoms with Gasteiger partial charge in [0.25, 0.3) is 0 Å². The van der Waals surface area contributed by atoms with Gasteiger partial charge in [-0.15, -0.1) is 0 Å². The molecule has 1 heteroatoms. The third-order valence-electron chi connectivity index (χ3n) is 0.777. The fourth-order valence-corrected chi connectivity index (χ4v) is 0.808. The van der Waals surface area contributed by atoms with Gasteiger partial charge in [-0.2, -0.15) is 11.8 Å². The summed E-state index contributed by atoms with van der Waals surface area (Å²) in [5.74, 6) is 1.22. The average molecular weight is 117 g/mol. The van der Waals surface area contributed by atoms with E-state index in [0.29, 0.717) is 0 Å². The Morgan fingerprint density at radius 2 is 2.29 bits per heavy atom. The van der Waals surface area contributed by atoms with Crippen LogP contribution in [0.5, 0.6) is 0 Å². The Bertz CT molecular complexity index is 23.4. The van der Waals surface area contributed by atoms with Gasteiger partial charge in [0.15, 0.2) is 0 Å². The quantitative estimate of drug-likeness (QED) is 0.509. The largest absolute Gasteiger partial charge is 0.165 e. The molecule has 0 bridgehead atoms. The molecular formula is C6H13S. The van der Waals surface area contributed by atoms with E-state index in [1.54, 1.807) is 0 Å². The summed E-state index contributed by atoms with van der Waals surface area (Å²) in [6.07, 6.45) is 7.03. The fraction of sp³-hybridized carbons (Fsp3) is 0.833. The van der Waals surface area contributed by atoms with Gasteiger partial charge in [-0.3, -0.25) is 0 Å². The van der Waals surface area contributed by atoms with Gasteiger partial charge in [0, 0.05) is 0 Å². The number of thioether (sulfide) groups is 1. The van der Waals surface area contributed by atoms with Crippen LogP contribution in [0, 0.1) is 6.42 Å². The highest BCUT2D eigenvalue weighted by Crippen LogP contribution is 1.98. The predicted molar refractivity (Wildman–Crippen MR) is 37.6 cm³/mol. The van der Waals surface area contributed by atoms with Crippen LogP contribution in [0.3, 0.4) is 0 Å². The Balaban J connectivity index is 2.45. The Hall–Kier alpha value is 0.350. The molecule has 0 atom stereocenters. The van der Waals surface area contributed by atoms with Crippen molar-refractivity contribution in [3.63, 3.8) is 0 Å². The lowest BCUT2D eigenvalue weighted by atomic mass is 10.3. The van der Waals surface area contributed by atoms with Crippen LogP contribution in [-0.4, -0.2) is 12.0 Å². The smallest absolute Gasteiger partial charge is 0.00390 e. The van der Waals surface area contributed by atoms with Crippen molar-refractivity contribution in [1.82, 2.24) is 0 Å². The summed E-state index contributed by atoms with van der Waals surface area (Å²) < 4.78 is 0.